The van der Waals surface area contributed by atoms with Crippen molar-refractivity contribution in [2.45, 2.75) is 20.4 Å². The molecule has 0 aliphatic carbocycles. The van der Waals surface area contributed by atoms with Crippen molar-refractivity contribution in [3.63, 3.8) is 0 Å². The van der Waals surface area contributed by atoms with Gasteiger partial charge in [0.2, 0.25) is 5.91 Å². The first-order valence-electron chi connectivity index (χ1n) is 12.5. The van der Waals surface area contributed by atoms with Crippen molar-refractivity contribution in [3.05, 3.63) is 66.1 Å². The van der Waals surface area contributed by atoms with Gasteiger partial charge in [-0.2, -0.15) is 0 Å². The molecule has 0 saturated heterocycles. The summed E-state index contributed by atoms with van der Waals surface area (Å²) in [6.07, 6.45) is 4.32. The van der Waals surface area contributed by atoms with Crippen molar-refractivity contribution in [3.8, 4) is 11.5 Å². The highest BCUT2D eigenvalue weighted by Crippen LogP contribution is 2.34. The van der Waals surface area contributed by atoms with E-state index in [1.54, 1.807) is 12.1 Å². The molecule has 2 aromatic carbocycles. The van der Waals surface area contributed by atoms with Crippen molar-refractivity contribution in [2.75, 3.05) is 41.9 Å². The molecule has 0 spiro atoms. The molecule has 0 atom stereocenters. The van der Waals surface area contributed by atoms with Gasteiger partial charge in [-0.15, -0.1) is 0 Å². The van der Waals surface area contributed by atoms with E-state index in [2.05, 4.69) is 45.4 Å². The monoisotopic (exact) mass is 570 g/mol. The number of halogens is 1. The maximum Gasteiger partial charge on any atom is 0.235 e. The van der Waals surface area contributed by atoms with E-state index in [1.165, 1.54) is 6.33 Å². The van der Waals surface area contributed by atoms with Crippen LogP contribution in [0.3, 0.4) is 0 Å². The number of hydrogen-bond acceptors (Lipinski definition) is 8. The van der Waals surface area contributed by atoms with Crippen LogP contribution in [0.25, 0.3) is 11.0 Å². The first kappa shape index (κ1) is 28.2. The van der Waals surface area contributed by atoms with E-state index < -0.39 is 21.5 Å². The molecule has 0 bridgehead atoms. The molecule has 4 aromatic rings. The number of nitrogens with one attached hydrogen (secondary N) is 2. The van der Waals surface area contributed by atoms with Crippen molar-refractivity contribution < 1.29 is 17.9 Å². The molecule has 4 rings (SSSR count). The fourth-order valence-corrected chi connectivity index (χ4v) is 4.97. The van der Waals surface area contributed by atoms with Crippen LogP contribution >= 0.6 is 11.6 Å². The molecule has 0 saturated carbocycles. The van der Waals surface area contributed by atoms with Gasteiger partial charge in [0.05, 0.1) is 10.5 Å². The predicted octanol–water partition coefficient (Wildman–Crippen LogP) is 4.63. The van der Waals surface area contributed by atoms with E-state index in [4.69, 9.17) is 16.3 Å². The van der Waals surface area contributed by atoms with Gasteiger partial charge >= 0.3 is 0 Å². The predicted molar refractivity (Wildman–Crippen MR) is 155 cm³/mol. The Morgan fingerprint density at radius 3 is 2.62 bits per heavy atom. The summed E-state index contributed by atoms with van der Waals surface area (Å²) in [5, 5.41) is 6.35. The summed E-state index contributed by atoms with van der Waals surface area (Å²) in [7, 11) is -3.39. The number of carbonyl (C=O) groups is 1. The fraction of sp³-hybridized carbons (Fsp3) is 0.296. The highest BCUT2D eigenvalue weighted by atomic mass is 35.5. The third-order valence-electron chi connectivity index (χ3n) is 5.99. The SMILES string of the molecule is CCN(CC)c1cccc(Oc2ccc(Nc3ncnc4ccn(CCNC(=O)CS(C)(=O)=O)c34)cc2Cl)c1. The van der Waals surface area contributed by atoms with Gasteiger partial charge in [-0.25, -0.2) is 18.4 Å². The molecular formula is C27H31ClN6O4S. The van der Waals surface area contributed by atoms with Crippen LogP contribution in [0.15, 0.2) is 61.1 Å². The van der Waals surface area contributed by atoms with Gasteiger partial charge in [-0.05, 0) is 50.2 Å². The van der Waals surface area contributed by atoms with Gasteiger partial charge in [0.25, 0.3) is 0 Å². The standard InChI is InChI=1S/C27H31ClN6O4S/c1-4-33(5-2)20-7-6-8-21(16-20)38-24-10-9-19(15-22(24)28)32-27-26-23(30-18-31-27)11-13-34(26)14-12-29-25(35)17-39(3,36)37/h6-11,13,15-16,18H,4-5,12,14,17H2,1-3H3,(H,29,35)(H,30,31,32). The van der Waals surface area contributed by atoms with Crippen molar-refractivity contribution in [2.24, 2.45) is 0 Å². The summed E-state index contributed by atoms with van der Waals surface area (Å²) in [6, 6.07) is 15.1. The third kappa shape index (κ3) is 7.39. The average molecular weight is 571 g/mol. The van der Waals surface area contributed by atoms with Crippen molar-refractivity contribution in [1.29, 1.82) is 0 Å². The zero-order valence-electron chi connectivity index (χ0n) is 22.0. The fourth-order valence-electron chi connectivity index (χ4n) is 4.17. The number of nitrogens with zero attached hydrogens (tertiary/aromatic N) is 4. The Kier molecular flexibility index (Phi) is 8.93. The molecule has 10 nitrogen and oxygen atoms in total. The highest BCUT2D eigenvalue weighted by molar-refractivity contribution is 7.91. The number of amides is 1. The van der Waals surface area contributed by atoms with E-state index in [9.17, 15) is 13.2 Å². The second-order valence-corrected chi connectivity index (χ2v) is 11.5. The maximum atomic E-state index is 11.8. The molecule has 12 heteroatoms. The van der Waals surface area contributed by atoms with Crippen LogP contribution in [-0.4, -0.2) is 60.5 Å². The van der Waals surface area contributed by atoms with Crippen LogP contribution < -0.4 is 20.3 Å². The summed E-state index contributed by atoms with van der Waals surface area (Å²) >= 11 is 6.58. The van der Waals surface area contributed by atoms with Crippen LogP contribution in [0, 0.1) is 0 Å². The second kappa shape index (κ2) is 12.4. The smallest absolute Gasteiger partial charge is 0.235 e. The van der Waals surface area contributed by atoms with Gasteiger partial charge in [-0.3, -0.25) is 4.79 Å². The lowest BCUT2D eigenvalue weighted by Crippen LogP contribution is -2.32. The lowest BCUT2D eigenvalue weighted by atomic mass is 10.2. The molecule has 2 aromatic heterocycles. The van der Waals surface area contributed by atoms with Gasteiger partial charge in [0, 0.05) is 56.1 Å². The average Bonchev–Trinajstić information content (AvgIpc) is 3.30. The number of fused-ring (bicyclic) bond motifs is 1. The molecule has 2 N–H and O–H groups in total. The number of carbonyl (C=O) groups excluding carboxylic acids is 1. The Morgan fingerprint density at radius 2 is 1.90 bits per heavy atom. The summed E-state index contributed by atoms with van der Waals surface area (Å²) in [5.74, 6) is 0.697. The summed E-state index contributed by atoms with van der Waals surface area (Å²) in [4.78, 5) is 22.8. The second-order valence-electron chi connectivity index (χ2n) is 8.93. The molecule has 1 amide bonds. The van der Waals surface area contributed by atoms with Crippen LogP contribution in [-0.2, 0) is 21.2 Å². The number of rotatable bonds is 12. The van der Waals surface area contributed by atoms with Crippen LogP contribution in [0.2, 0.25) is 5.02 Å². The molecule has 0 fully saturated rings. The molecule has 0 aliphatic rings. The Labute approximate surface area is 232 Å². The Morgan fingerprint density at radius 1 is 1.10 bits per heavy atom. The van der Waals surface area contributed by atoms with E-state index in [0.29, 0.717) is 40.1 Å². The van der Waals surface area contributed by atoms with Crippen LogP contribution in [0.4, 0.5) is 17.2 Å². The largest absolute Gasteiger partial charge is 0.456 e. The molecule has 2 heterocycles. The van der Waals surface area contributed by atoms with Crippen LogP contribution in [0.1, 0.15) is 13.8 Å². The van der Waals surface area contributed by atoms with Gasteiger partial charge in [0.1, 0.15) is 29.1 Å². The minimum absolute atomic E-state index is 0.250. The van der Waals surface area contributed by atoms with E-state index in [0.717, 1.165) is 30.5 Å². The van der Waals surface area contributed by atoms with Gasteiger partial charge in [-0.1, -0.05) is 17.7 Å². The van der Waals surface area contributed by atoms with E-state index in [-0.39, 0.29) is 6.54 Å². The number of hydrogen-bond donors (Lipinski definition) is 2. The molecule has 39 heavy (non-hydrogen) atoms. The Balaban J connectivity index is 1.47. The summed E-state index contributed by atoms with van der Waals surface area (Å²) in [6.45, 7) is 6.68. The third-order valence-corrected chi connectivity index (χ3v) is 7.07. The molecular weight excluding hydrogens is 540 g/mol. The van der Waals surface area contributed by atoms with Gasteiger partial charge in [0.15, 0.2) is 15.7 Å². The lowest BCUT2D eigenvalue weighted by Gasteiger charge is -2.21. The number of anilines is 3. The number of benzene rings is 2. The Hall–Kier alpha value is -3.83. The van der Waals surface area contributed by atoms with Crippen molar-refractivity contribution in [1.82, 2.24) is 19.9 Å². The zero-order valence-corrected chi connectivity index (χ0v) is 23.6. The minimum atomic E-state index is -3.39. The topological polar surface area (TPSA) is 118 Å². The number of sulfone groups is 1. The van der Waals surface area contributed by atoms with Gasteiger partial charge < -0.3 is 24.8 Å². The zero-order chi connectivity index (χ0) is 28.0. The number of aromatic nitrogens is 3. The van der Waals surface area contributed by atoms with Crippen LogP contribution in [0.5, 0.6) is 11.5 Å². The highest BCUT2D eigenvalue weighted by Gasteiger charge is 2.13. The summed E-state index contributed by atoms with van der Waals surface area (Å²) in [5.41, 5.74) is 3.24. The lowest BCUT2D eigenvalue weighted by molar-refractivity contribution is -0.118. The quantitative estimate of drug-likeness (QED) is 0.253. The first-order chi connectivity index (χ1) is 18.7. The molecule has 0 aliphatic heterocycles. The Bertz CT molecular complexity index is 1570. The van der Waals surface area contributed by atoms with E-state index in [1.807, 2.05) is 41.1 Å². The summed E-state index contributed by atoms with van der Waals surface area (Å²) < 4.78 is 30.6. The molecule has 0 unspecified atom stereocenters. The number of ether oxygens (including phenoxy) is 1. The molecule has 0 radical (unpaired) electrons. The van der Waals surface area contributed by atoms with E-state index >= 15 is 0 Å². The normalized spacial score (nSPS) is 11.4. The van der Waals surface area contributed by atoms with Crippen molar-refractivity contribution >= 4 is 55.6 Å². The maximum absolute atomic E-state index is 11.8. The first-order valence-corrected chi connectivity index (χ1v) is 14.9. The molecule has 206 valence electrons. The minimum Gasteiger partial charge on any atom is -0.456 e.